The van der Waals surface area contributed by atoms with Crippen molar-refractivity contribution >= 4 is 34.3 Å². The highest BCUT2D eigenvalue weighted by molar-refractivity contribution is 7.12. The summed E-state index contributed by atoms with van der Waals surface area (Å²) < 4.78 is 0. The molecule has 2 rings (SSSR count). The van der Waals surface area contributed by atoms with Crippen LogP contribution in [0.15, 0.2) is 22.9 Å². The Labute approximate surface area is 96.1 Å². The molecule has 1 unspecified atom stereocenters. The van der Waals surface area contributed by atoms with Crippen LogP contribution in [0, 0.1) is 6.92 Å². The minimum Gasteiger partial charge on any atom is -0.319 e. The normalized spacial score (nSPS) is 13.1. The van der Waals surface area contributed by atoms with Gasteiger partial charge in [-0.1, -0.05) is 11.6 Å². The lowest BCUT2D eigenvalue weighted by molar-refractivity contribution is 0.908. The van der Waals surface area contributed by atoms with Crippen LogP contribution >= 0.6 is 34.3 Å². The number of aryl methyl sites for hydroxylation is 1. The van der Waals surface area contributed by atoms with Gasteiger partial charge in [0, 0.05) is 9.75 Å². The number of rotatable bonds is 2. The summed E-state index contributed by atoms with van der Waals surface area (Å²) in [5.41, 5.74) is 7.39. The molecule has 14 heavy (non-hydrogen) atoms. The van der Waals surface area contributed by atoms with Crippen molar-refractivity contribution in [3.05, 3.63) is 43.2 Å². The Balaban J connectivity index is 2.38. The van der Waals surface area contributed by atoms with Gasteiger partial charge >= 0.3 is 0 Å². The fourth-order valence-corrected chi connectivity index (χ4v) is 3.55. The van der Waals surface area contributed by atoms with Gasteiger partial charge in [-0.05, 0) is 35.4 Å². The standard InChI is InChI=1S/C10H10ClNS2/c1-6-2-4-13-9(6)8(12)10-7(11)3-5-14-10/h2-5,8H,12H2,1H3. The molecule has 4 heteroatoms. The van der Waals surface area contributed by atoms with Crippen LogP contribution in [-0.4, -0.2) is 0 Å². The van der Waals surface area contributed by atoms with Gasteiger partial charge < -0.3 is 5.73 Å². The summed E-state index contributed by atoms with van der Waals surface area (Å²) in [6.07, 6.45) is 0. The minimum absolute atomic E-state index is 0.0671. The Morgan fingerprint density at radius 3 is 2.36 bits per heavy atom. The van der Waals surface area contributed by atoms with E-state index in [0.717, 1.165) is 9.90 Å². The Kier molecular flexibility index (Phi) is 2.93. The van der Waals surface area contributed by atoms with Gasteiger partial charge in [0.05, 0.1) is 11.1 Å². The molecule has 0 aliphatic rings. The minimum atomic E-state index is -0.0671. The van der Waals surface area contributed by atoms with Gasteiger partial charge in [-0.15, -0.1) is 22.7 Å². The van der Waals surface area contributed by atoms with Crippen LogP contribution in [0.4, 0.5) is 0 Å². The second-order valence-corrected chi connectivity index (χ2v) is 5.38. The van der Waals surface area contributed by atoms with Crippen molar-refractivity contribution in [3.63, 3.8) is 0 Å². The van der Waals surface area contributed by atoms with E-state index in [1.54, 1.807) is 22.7 Å². The second kappa shape index (κ2) is 4.03. The monoisotopic (exact) mass is 243 g/mol. The van der Waals surface area contributed by atoms with Crippen LogP contribution in [0.25, 0.3) is 0 Å². The Hall–Kier alpha value is -0.350. The Morgan fingerprint density at radius 1 is 1.21 bits per heavy atom. The molecule has 2 N–H and O–H groups in total. The lowest BCUT2D eigenvalue weighted by Crippen LogP contribution is -2.09. The largest absolute Gasteiger partial charge is 0.319 e. The maximum absolute atomic E-state index is 6.14. The SMILES string of the molecule is Cc1ccsc1C(N)c1sccc1Cl. The fraction of sp³-hybridized carbons (Fsp3) is 0.200. The molecule has 0 aliphatic heterocycles. The summed E-state index contributed by atoms with van der Waals surface area (Å²) in [6.45, 7) is 2.08. The van der Waals surface area contributed by atoms with Gasteiger partial charge in [-0.3, -0.25) is 0 Å². The molecule has 0 amide bonds. The first-order valence-corrected chi connectivity index (χ1v) is 6.36. The predicted octanol–water partition coefficient (Wildman–Crippen LogP) is 3.82. The molecular weight excluding hydrogens is 234 g/mol. The predicted molar refractivity (Wildman–Crippen MR) is 64.4 cm³/mol. The zero-order valence-electron chi connectivity index (χ0n) is 7.66. The fourth-order valence-electron chi connectivity index (χ4n) is 1.35. The molecule has 0 bridgehead atoms. The molecule has 0 saturated carbocycles. The topological polar surface area (TPSA) is 26.0 Å². The number of halogens is 1. The van der Waals surface area contributed by atoms with E-state index in [2.05, 4.69) is 18.4 Å². The molecule has 0 saturated heterocycles. The van der Waals surface area contributed by atoms with Gasteiger partial charge in [0.2, 0.25) is 0 Å². The molecule has 0 radical (unpaired) electrons. The summed E-state index contributed by atoms with van der Waals surface area (Å²) in [6, 6.07) is 3.91. The quantitative estimate of drug-likeness (QED) is 0.853. The first-order valence-electron chi connectivity index (χ1n) is 4.22. The summed E-state index contributed by atoms with van der Waals surface area (Å²) in [4.78, 5) is 2.26. The lowest BCUT2D eigenvalue weighted by Gasteiger charge is -2.09. The maximum Gasteiger partial charge on any atom is 0.0757 e. The first-order chi connectivity index (χ1) is 6.70. The van der Waals surface area contributed by atoms with Crippen LogP contribution in [-0.2, 0) is 0 Å². The van der Waals surface area contributed by atoms with Crippen molar-refractivity contribution in [2.24, 2.45) is 5.73 Å². The van der Waals surface area contributed by atoms with Crippen molar-refractivity contribution in [1.29, 1.82) is 0 Å². The second-order valence-electron chi connectivity index (χ2n) is 3.08. The van der Waals surface area contributed by atoms with Gasteiger partial charge in [0.15, 0.2) is 0 Å². The summed E-state index contributed by atoms with van der Waals surface area (Å²) in [7, 11) is 0. The Bertz CT molecular complexity index is 393. The van der Waals surface area contributed by atoms with Crippen LogP contribution in [0.3, 0.4) is 0 Å². The number of hydrogen-bond acceptors (Lipinski definition) is 3. The number of hydrogen-bond donors (Lipinski definition) is 1. The van der Waals surface area contributed by atoms with Crippen LogP contribution in [0.5, 0.6) is 0 Å². The van der Waals surface area contributed by atoms with Crippen LogP contribution < -0.4 is 5.73 Å². The molecule has 0 fully saturated rings. The van der Waals surface area contributed by atoms with Crippen molar-refractivity contribution < 1.29 is 0 Å². The van der Waals surface area contributed by atoms with Gasteiger partial charge in [0.1, 0.15) is 0 Å². The zero-order valence-corrected chi connectivity index (χ0v) is 10.0. The van der Waals surface area contributed by atoms with E-state index in [0.29, 0.717) is 0 Å². The highest BCUT2D eigenvalue weighted by Gasteiger charge is 2.16. The van der Waals surface area contributed by atoms with Crippen molar-refractivity contribution in [2.45, 2.75) is 13.0 Å². The summed E-state index contributed by atoms with van der Waals surface area (Å²) in [5, 5.41) is 4.81. The van der Waals surface area contributed by atoms with Crippen molar-refractivity contribution in [2.75, 3.05) is 0 Å². The molecular formula is C10H10ClNS2. The van der Waals surface area contributed by atoms with E-state index in [1.165, 1.54) is 10.4 Å². The molecule has 2 heterocycles. The third-order valence-electron chi connectivity index (χ3n) is 2.11. The first kappa shape index (κ1) is 10.2. The molecule has 0 spiro atoms. The third-order valence-corrected chi connectivity index (χ3v) is 4.66. The van der Waals surface area contributed by atoms with Gasteiger partial charge in [-0.25, -0.2) is 0 Å². The Morgan fingerprint density at radius 2 is 1.86 bits per heavy atom. The van der Waals surface area contributed by atoms with E-state index in [4.69, 9.17) is 17.3 Å². The smallest absolute Gasteiger partial charge is 0.0757 e. The van der Waals surface area contributed by atoms with Gasteiger partial charge in [0.25, 0.3) is 0 Å². The third kappa shape index (κ3) is 1.73. The number of nitrogens with two attached hydrogens (primary N) is 1. The summed E-state index contributed by atoms with van der Waals surface area (Å²) in [5.74, 6) is 0. The average Bonchev–Trinajstić information content (AvgIpc) is 2.73. The zero-order chi connectivity index (χ0) is 10.1. The van der Waals surface area contributed by atoms with Gasteiger partial charge in [-0.2, -0.15) is 0 Å². The van der Waals surface area contributed by atoms with Crippen molar-refractivity contribution in [3.8, 4) is 0 Å². The molecule has 2 aromatic rings. The van der Waals surface area contributed by atoms with Crippen molar-refractivity contribution in [1.82, 2.24) is 0 Å². The van der Waals surface area contributed by atoms with Crippen LogP contribution in [0.2, 0.25) is 5.02 Å². The highest BCUT2D eigenvalue weighted by Crippen LogP contribution is 2.34. The van der Waals surface area contributed by atoms with E-state index < -0.39 is 0 Å². The lowest BCUT2D eigenvalue weighted by atomic mass is 10.1. The molecule has 0 aliphatic carbocycles. The summed E-state index contributed by atoms with van der Waals surface area (Å²) >= 11 is 9.34. The maximum atomic E-state index is 6.14. The van der Waals surface area contributed by atoms with E-state index in [9.17, 15) is 0 Å². The highest BCUT2D eigenvalue weighted by atomic mass is 35.5. The molecule has 1 nitrogen and oxygen atoms in total. The average molecular weight is 244 g/mol. The molecule has 0 aromatic carbocycles. The molecule has 2 aromatic heterocycles. The van der Waals surface area contributed by atoms with E-state index in [-0.39, 0.29) is 6.04 Å². The molecule has 74 valence electrons. The number of thiophene rings is 2. The molecule has 1 atom stereocenters. The van der Waals surface area contributed by atoms with E-state index in [1.807, 2.05) is 11.4 Å². The van der Waals surface area contributed by atoms with Crippen LogP contribution in [0.1, 0.15) is 21.4 Å². The van der Waals surface area contributed by atoms with E-state index >= 15 is 0 Å².